The molecule has 0 atom stereocenters. The molecule has 34 heavy (non-hydrogen) atoms. The molecule has 3 aromatic carbocycles. The van der Waals surface area contributed by atoms with E-state index in [0.717, 1.165) is 11.3 Å². The Labute approximate surface area is 197 Å². The van der Waals surface area contributed by atoms with Gasteiger partial charge in [-0.3, -0.25) is 0 Å². The number of carbonyl (C=O) groups excluding carboxylic acids is 1. The molecule has 0 saturated heterocycles. The summed E-state index contributed by atoms with van der Waals surface area (Å²) in [6, 6.07) is 17.7. The summed E-state index contributed by atoms with van der Waals surface area (Å²) < 4.78 is 24.3. The number of halogens is 1. The van der Waals surface area contributed by atoms with E-state index >= 15 is 0 Å². The number of benzene rings is 3. The van der Waals surface area contributed by atoms with Crippen molar-refractivity contribution in [3.8, 4) is 5.75 Å². The van der Waals surface area contributed by atoms with Gasteiger partial charge in [-0.25, -0.2) is 14.2 Å². The topological polar surface area (TPSA) is 85.4 Å². The summed E-state index contributed by atoms with van der Waals surface area (Å²) in [5.41, 5.74) is 3.84. The van der Waals surface area contributed by atoms with Crippen molar-refractivity contribution in [3.63, 3.8) is 0 Å². The smallest absolute Gasteiger partial charge is 0.344 e. The van der Waals surface area contributed by atoms with E-state index in [-0.39, 0.29) is 19.0 Å². The fourth-order valence-electron chi connectivity index (χ4n) is 3.46. The molecule has 0 aliphatic rings. The third-order valence-electron chi connectivity index (χ3n) is 5.17. The molecule has 0 saturated carbocycles. The lowest BCUT2D eigenvalue weighted by atomic mass is 10.1. The van der Waals surface area contributed by atoms with Crippen molar-refractivity contribution < 1.29 is 18.7 Å². The van der Waals surface area contributed by atoms with Crippen molar-refractivity contribution in [3.05, 3.63) is 77.6 Å². The van der Waals surface area contributed by atoms with Crippen LogP contribution in [-0.4, -0.2) is 29.2 Å². The highest BCUT2D eigenvalue weighted by Crippen LogP contribution is 2.33. The van der Waals surface area contributed by atoms with Crippen molar-refractivity contribution >= 4 is 40.0 Å². The maximum Gasteiger partial charge on any atom is 0.344 e. The van der Waals surface area contributed by atoms with E-state index < -0.39 is 5.97 Å². The van der Waals surface area contributed by atoms with Crippen LogP contribution in [0.25, 0.3) is 10.9 Å². The highest BCUT2D eigenvalue weighted by Gasteiger charge is 2.15. The molecule has 0 amide bonds. The van der Waals surface area contributed by atoms with E-state index in [1.165, 1.54) is 12.1 Å². The van der Waals surface area contributed by atoms with Crippen LogP contribution < -0.4 is 15.4 Å². The van der Waals surface area contributed by atoms with Crippen LogP contribution in [0, 0.1) is 19.7 Å². The second-order valence-corrected chi connectivity index (χ2v) is 7.67. The fraction of sp³-hybridized carbons (Fsp3) is 0.192. The van der Waals surface area contributed by atoms with Gasteiger partial charge in [-0.1, -0.05) is 24.3 Å². The van der Waals surface area contributed by atoms with Crippen molar-refractivity contribution in [1.29, 1.82) is 0 Å². The Balaban J connectivity index is 1.78. The first kappa shape index (κ1) is 23.0. The summed E-state index contributed by atoms with van der Waals surface area (Å²) in [4.78, 5) is 21.2. The van der Waals surface area contributed by atoms with Crippen molar-refractivity contribution in [2.75, 3.05) is 23.8 Å². The third kappa shape index (κ3) is 5.23. The molecular formula is C26H25FN4O3. The standard InChI is InChI=1S/C26H25FN4O3/c1-4-33-23(32)15-34-22-11-7-9-19-24(22)30-26(29-21-13-12-18(27)14-17(21)3)31-25(19)28-20-10-6-5-8-16(20)2/h5-14H,4,15H2,1-3H3,(H2,28,29,30,31). The minimum absolute atomic E-state index is 0.239. The van der Waals surface area contributed by atoms with Gasteiger partial charge >= 0.3 is 5.97 Å². The molecule has 2 N–H and O–H groups in total. The number of nitrogens with zero attached hydrogens (tertiary/aromatic N) is 2. The average molecular weight is 461 g/mol. The Morgan fingerprint density at radius 3 is 2.50 bits per heavy atom. The monoisotopic (exact) mass is 460 g/mol. The van der Waals surface area contributed by atoms with Gasteiger partial charge in [0.1, 0.15) is 22.9 Å². The summed E-state index contributed by atoms with van der Waals surface area (Å²) in [6.07, 6.45) is 0. The number of nitrogens with one attached hydrogen (secondary N) is 2. The van der Waals surface area contributed by atoms with E-state index in [0.29, 0.717) is 39.7 Å². The number of ether oxygens (including phenoxy) is 2. The van der Waals surface area contributed by atoms with E-state index in [4.69, 9.17) is 9.47 Å². The van der Waals surface area contributed by atoms with Crippen LogP contribution >= 0.6 is 0 Å². The van der Waals surface area contributed by atoms with Crippen LogP contribution in [0.3, 0.4) is 0 Å². The first-order valence-corrected chi connectivity index (χ1v) is 10.9. The summed E-state index contributed by atoms with van der Waals surface area (Å²) >= 11 is 0. The molecule has 0 fully saturated rings. The predicted octanol–water partition coefficient (Wildman–Crippen LogP) is 5.81. The molecule has 1 aromatic heterocycles. The molecule has 7 nitrogen and oxygen atoms in total. The van der Waals surface area contributed by atoms with Crippen LogP contribution in [0.4, 0.5) is 27.5 Å². The van der Waals surface area contributed by atoms with E-state index in [1.54, 1.807) is 26.0 Å². The van der Waals surface area contributed by atoms with Gasteiger partial charge in [-0.2, -0.15) is 4.98 Å². The Bertz CT molecular complexity index is 1340. The largest absolute Gasteiger partial charge is 0.480 e. The number of hydrogen-bond donors (Lipinski definition) is 2. The third-order valence-corrected chi connectivity index (χ3v) is 5.17. The van der Waals surface area contributed by atoms with E-state index in [9.17, 15) is 9.18 Å². The lowest BCUT2D eigenvalue weighted by molar-refractivity contribution is -0.145. The lowest BCUT2D eigenvalue weighted by Gasteiger charge is -2.16. The first-order chi connectivity index (χ1) is 16.4. The van der Waals surface area contributed by atoms with Crippen LogP contribution in [0.2, 0.25) is 0 Å². The molecule has 4 rings (SSSR count). The summed E-state index contributed by atoms with van der Waals surface area (Å²) in [6.45, 7) is 5.57. The molecule has 8 heteroatoms. The van der Waals surface area contributed by atoms with Gasteiger partial charge in [0.15, 0.2) is 6.61 Å². The SMILES string of the molecule is CCOC(=O)COc1cccc2c(Nc3ccccc3C)nc(Nc3ccc(F)cc3C)nc12. The molecule has 0 aliphatic heterocycles. The number of esters is 1. The van der Waals surface area contributed by atoms with Crippen LogP contribution in [-0.2, 0) is 9.53 Å². The second kappa shape index (κ2) is 10.2. The number of anilines is 4. The molecule has 1 heterocycles. The molecule has 174 valence electrons. The summed E-state index contributed by atoms with van der Waals surface area (Å²) in [7, 11) is 0. The molecular weight excluding hydrogens is 435 g/mol. The minimum atomic E-state index is -0.466. The fourth-order valence-corrected chi connectivity index (χ4v) is 3.46. The Morgan fingerprint density at radius 2 is 1.74 bits per heavy atom. The molecule has 0 aliphatic carbocycles. The van der Waals surface area contributed by atoms with Crippen molar-refractivity contribution in [1.82, 2.24) is 9.97 Å². The normalized spacial score (nSPS) is 10.7. The van der Waals surface area contributed by atoms with Crippen LogP contribution in [0.5, 0.6) is 5.75 Å². The van der Waals surface area contributed by atoms with Crippen LogP contribution in [0.15, 0.2) is 60.7 Å². The Morgan fingerprint density at radius 1 is 0.941 bits per heavy atom. The van der Waals surface area contributed by atoms with Gasteiger partial charge in [0, 0.05) is 16.8 Å². The number of rotatable bonds is 8. The number of hydrogen-bond acceptors (Lipinski definition) is 7. The number of aromatic nitrogens is 2. The zero-order valence-corrected chi connectivity index (χ0v) is 19.2. The molecule has 4 aromatic rings. The summed E-state index contributed by atoms with van der Waals surface area (Å²) in [5.74, 6) is 0.486. The van der Waals surface area contributed by atoms with Gasteiger partial charge in [-0.05, 0) is 68.3 Å². The predicted molar refractivity (Wildman–Crippen MR) is 131 cm³/mol. The zero-order valence-electron chi connectivity index (χ0n) is 19.2. The maximum atomic E-state index is 13.6. The van der Waals surface area contributed by atoms with Gasteiger partial charge in [0.05, 0.1) is 6.61 Å². The molecule has 0 unspecified atom stereocenters. The van der Waals surface area contributed by atoms with Crippen molar-refractivity contribution in [2.45, 2.75) is 20.8 Å². The first-order valence-electron chi connectivity index (χ1n) is 10.9. The van der Waals surface area contributed by atoms with Crippen LogP contribution in [0.1, 0.15) is 18.1 Å². The van der Waals surface area contributed by atoms with Gasteiger partial charge in [-0.15, -0.1) is 0 Å². The average Bonchev–Trinajstić information content (AvgIpc) is 2.81. The Hall–Kier alpha value is -4.20. The minimum Gasteiger partial charge on any atom is -0.480 e. The Kier molecular flexibility index (Phi) is 6.87. The van der Waals surface area contributed by atoms with Gasteiger partial charge in [0.25, 0.3) is 0 Å². The quantitative estimate of drug-likeness (QED) is 0.321. The molecule has 0 spiro atoms. The van der Waals surface area contributed by atoms with Crippen molar-refractivity contribution in [2.24, 2.45) is 0 Å². The summed E-state index contributed by atoms with van der Waals surface area (Å²) in [5, 5.41) is 7.26. The highest BCUT2D eigenvalue weighted by molar-refractivity contribution is 5.96. The van der Waals surface area contributed by atoms with E-state index in [1.807, 2.05) is 43.3 Å². The van der Waals surface area contributed by atoms with Gasteiger partial charge in [0.2, 0.25) is 5.95 Å². The molecule has 0 radical (unpaired) electrons. The molecule has 0 bridgehead atoms. The number of carbonyl (C=O) groups is 1. The maximum absolute atomic E-state index is 13.6. The number of aryl methyl sites for hydroxylation is 2. The lowest BCUT2D eigenvalue weighted by Crippen LogP contribution is -2.15. The van der Waals surface area contributed by atoms with Gasteiger partial charge < -0.3 is 20.1 Å². The second-order valence-electron chi connectivity index (χ2n) is 7.67. The number of para-hydroxylation sites is 2. The highest BCUT2D eigenvalue weighted by atomic mass is 19.1. The zero-order chi connectivity index (χ0) is 24.1. The van der Waals surface area contributed by atoms with E-state index in [2.05, 4.69) is 20.6 Å². The number of fused-ring (bicyclic) bond motifs is 1.